The number of methoxy groups -OCH3 is 1. The smallest absolute Gasteiger partial charge is 0.346 e. The van der Waals surface area contributed by atoms with Crippen molar-refractivity contribution in [3.63, 3.8) is 0 Å². The molecular formula is C33H31Cl2FN6O6. The fraction of sp³-hybridized carbons (Fsp3) is 0.333. The molecule has 4 aromatic rings. The van der Waals surface area contributed by atoms with E-state index in [9.17, 15) is 19.2 Å². The molecule has 1 aliphatic carbocycles. The summed E-state index contributed by atoms with van der Waals surface area (Å²) in [7, 11) is 4.07. The Hall–Kier alpha value is -4.59. The number of amides is 1. The van der Waals surface area contributed by atoms with Crippen molar-refractivity contribution < 1.29 is 23.5 Å². The van der Waals surface area contributed by atoms with Gasteiger partial charge in [-0.15, -0.1) is 0 Å². The summed E-state index contributed by atoms with van der Waals surface area (Å²) in [4.78, 5) is 56.8. The van der Waals surface area contributed by atoms with Gasteiger partial charge in [0, 0.05) is 55.5 Å². The van der Waals surface area contributed by atoms with Gasteiger partial charge in [-0.05, 0) is 43.5 Å². The molecule has 15 heteroatoms. The zero-order chi connectivity index (χ0) is 34.4. The molecule has 0 bridgehead atoms. The summed E-state index contributed by atoms with van der Waals surface area (Å²) >= 11 is 13.6. The van der Waals surface area contributed by atoms with Crippen molar-refractivity contribution in [1.82, 2.24) is 24.2 Å². The van der Waals surface area contributed by atoms with Gasteiger partial charge in [0.25, 0.3) is 11.5 Å². The van der Waals surface area contributed by atoms with E-state index in [2.05, 4.69) is 15.3 Å². The normalized spacial score (nSPS) is 15.9. The molecule has 1 amide bonds. The number of aromatic nitrogens is 4. The number of aryl methyl sites for hydroxylation is 2. The SMILES string of the molecule is CCOC(=O)C1CN(C2CCc3cc(-c4cccc(-c5c(F)ccc(NC(=O)c6nn(C)c(=O)n(C)c6=O)c5Cl)c4Cl)nc(OC)c32)C1. The second-order valence-electron chi connectivity index (χ2n) is 11.6. The van der Waals surface area contributed by atoms with E-state index >= 15 is 4.39 Å². The first-order valence-electron chi connectivity index (χ1n) is 15.2. The van der Waals surface area contributed by atoms with E-state index in [-0.39, 0.29) is 44.8 Å². The zero-order valence-electron chi connectivity index (χ0n) is 26.5. The van der Waals surface area contributed by atoms with Crippen LogP contribution in [0.15, 0.2) is 46.0 Å². The Morgan fingerprint density at radius 3 is 2.52 bits per heavy atom. The fourth-order valence-corrected chi connectivity index (χ4v) is 6.88. The van der Waals surface area contributed by atoms with Gasteiger partial charge in [0.1, 0.15) is 5.82 Å². The van der Waals surface area contributed by atoms with E-state index in [0.29, 0.717) is 36.8 Å². The van der Waals surface area contributed by atoms with Crippen LogP contribution in [0.5, 0.6) is 5.88 Å². The minimum atomic E-state index is -0.937. The minimum Gasteiger partial charge on any atom is -0.481 e. The lowest BCUT2D eigenvalue weighted by Gasteiger charge is -2.42. The van der Waals surface area contributed by atoms with Gasteiger partial charge in [-0.3, -0.25) is 23.9 Å². The second kappa shape index (κ2) is 13.1. The number of ether oxygens (including phenoxy) is 2. The van der Waals surface area contributed by atoms with Crippen molar-refractivity contribution in [1.29, 1.82) is 0 Å². The highest BCUT2D eigenvalue weighted by atomic mass is 35.5. The number of hydrogen-bond donors (Lipinski definition) is 1. The standard InChI is InChI=1S/C33H31Cl2FN6O6/c1-5-48-32(45)17-14-42(15-17)23-12-9-16-13-22(38-30(47-4)24(16)23)18-7-6-8-19(26(18)34)25-20(36)10-11-21(27(25)35)37-29(43)28-31(44)40(2)33(46)41(3)39-28/h6-8,10-11,13,17,23H,5,9,12,14-15H2,1-4H3,(H,37,43). The Labute approximate surface area is 284 Å². The molecule has 1 saturated heterocycles. The highest BCUT2D eigenvalue weighted by molar-refractivity contribution is 6.39. The van der Waals surface area contributed by atoms with E-state index in [1.54, 1.807) is 32.2 Å². The van der Waals surface area contributed by atoms with Crippen LogP contribution in [-0.2, 0) is 30.0 Å². The number of carbonyl (C=O) groups is 2. The van der Waals surface area contributed by atoms with Crippen LogP contribution in [0.2, 0.25) is 10.0 Å². The molecule has 1 N–H and O–H groups in total. The molecule has 1 fully saturated rings. The summed E-state index contributed by atoms with van der Waals surface area (Å²) in [6.07, 6.45) is 1.60. The quantitative estimate of drug-likeness (QED) is 0.266. The molecule has 1 unspecified atom stereocenters. The molecular weight excluding hydrogens is 666 g/mol. The van der Waals surface area contributed by atoms with Gasteiger partial charge in [0.2, 0.25) is 11.6 Å². The van der Waals surface area contributed by atoms with Gasteiger partial charge in [-0.2, -0.15) is 5.10 Å². The van der Waals surface area contributed by atoms with Crippen molar-refractivity contribution in [3.8, 4) is 28.3 Å². The molecule has 12 nitrogen and oxygen atoms in total. The van der Waals surface area contributed by atoms with Crippen molar-refractivity contribution in [2.24, 2.45) is 20.0 Å². The predicted molar refractivity (Wildman–Crippen MR) is 177 cm³/mol. The van der Waals surface area contributed by atoms with Crippen LogP contribution in [0.25, 0.3) is 22.4 Å². The fourth-order valence-electron chi connectivity index (χ4n) is 6.26. The van der Waals surface area contributed by atoms with Gasteiger partial charge in [-0.1, -0.05) is 41.4 Å². The largest absolute Gasteiger partial charge is 0.481 e. The zero-order valence-corrected chi connectivity index (χ0v) is 28.0. The molecule has 0 spiro atoms. The van der Waals surface area contributed by atoms with Gasteiger partial charge in [-0.25, -0.2) is 18.9 Å². The molecule has 6 rings (SSSR count). The van der Waals surface area contributed by atoms with Crippen LogP contribution in [0.1, 0.15) is 41.0 Å². The number of anilines is 1. The maximum Gasteiger partial charge on any atom is 0.346 e. The third kappa shape index (κ3) is 5.75. The van der Waals surface area contributed by atoms with Crippen LogP contribution in [0.4, 0.5) is 10.1 Å². The molecule has 1 atom stereocenters. The summed E-state index contributed by atoms with van der Waals surface area (Å²) in [5, 5.41) is 6.27. The number of halogens is 3. The number of carbonyl (C=O) groups excluding carboxylic acids is 2. The average molecular weight is 698 g/mol. The van der Waals surface area contributed by atoms with E-state index in [0.717, 1.165) is 39.3 Å². The van der Waals surface area contributed by atoms with Crippen LogP contribution in [0.3, 0.4) is 0 Å². The molecule has 2 aromatic carbocycles. The Morgan fingerprint density at radius 2 is 1.81 bits per heavy atom. The predicted octanol–water partition coefficient (Wildman–Crippen LogP) is 4.40. The summed E-state index contributed by atoms with van der Waals surface area (Å²) < 4.78 is 28.0. The Morgan fingerprint density at radius 1 is 1.08 bits per heavy atom. The Bertz CT molecular complexity index is 2090. The number of esters is 1. The van der Waals surface area contributed by atoms with Crippen LogP contribution >= 0.6 is 23.2 Å². The molecule has 48 heavy (non-hydrogen) atoms. The van der Waals surface area contributed by atoms with Crippen molar-refractivity contribution in [3.05, 3.63) is 89.9 Å². The lowest BCUT2D eigenvalue weighted by Crippen LogP contribution is -2.51. The van der Waals surface area contributed by atoms with E-state index < -0.39 is 28.7 Å². The van der Waals surface area contributed by atoms with Gasteiger partial charge in [0.15, 0.2) is 0 Å². The summed E-state index contributed by atoms with van der Waals surface area (Å²) in [6.45, 7) is 3.35. The molecule has 250 valence electrons. The summed E-state index contributed by atoms with van der Waals surface area (Å²) in [5.74, 6) is -1.53. The Kier molecular flexibility index (Phi) is 9.12. The van der Waals surface area contributed by atoms with Crippen molar-refractivity contribution in [2.45, 2.75) is 25.8 Å². The summed E-state index contributed by atoms with van der Waals surface area (Å²) in [5.41, 5.74) is 1.04. The van der Waals surface area contributed by atoms with Gasteiger partial charge < -0.3 is 14.8 Å². The number of nitrogens with one attached hydrogen (secondary N) is 1. The first kappa shape index (κ1) is 33.3. The van der Waals surface area contributed by atoms with Crippen LogP contribution in [-0.4, -0.2) is 62.9 Å². The lowest BCUT2D eigenvalue weighted by atomic mass is 9.95. The molecule has 2 aromatic heterocycles. The molecule has 1 aliphatic heterocycles. The minimum absolute atomic E-state index is 0.00296. The average Bonchev–Trinajstić information content (AvgIpc) is 3.46. The van der Waals surface area contributed by atoms with Crippen LogP contribution < -0.4 is 21.3 Å². The molecule has 2 aliphatic rings. The van der Waals surface area contributed by atoms with E-state index in [4.69, 9.17) is 37.7 Å². The lowest BCUT2D eigenvalue weighted by molar-refractivity contribution is -0.155. The third-order valence-corrected chi connectivity index (χ3v) is 9.51. The van der Waals surface area contributed by atoms with Crippen molar-refractivity contribution in [2.75, 3.05) is 32.1 Å². The maximum atomic E-state index is 15.5. The topological polar surface area (TPSA) is 138 Å². The highest BCUT2D eigenvalue weighted by Crippen LogP contribution is 2.47. The first-order valence-corrected chi connectivity index (χ1v) is 15.9. The highest BCUT2D eigenvalue weighted by Gasteiger charge is 2.42. The number of rotatable bonds is 8. The monoisotopic (exact) mass is 696 g/mol. The molecule has 0 saturated carbocycles. The maximum absolute atomic E-state index is 15.5. The second-order valence-corrected chi connectivity index (χ2v) is 12.3. The van der Waals surface area contributed by atoms with Crippen molar-refractivity contribution >= 4 is 40.8 Å². The van der Waals surface area contributed by atoms with Gasteiger partial charge >= 0.3 is 11.7 Å². The number of benzene rings is 2. The van der Waals surface area contributed by atoms with E-state index in [1.165, 1.54) is 20.2 Å². The number of likely N-dealkylation sites (tertiary alicyclic amines) is 1. The third-order valence-electron chi connectivity index (χ3n) is 8.71. The van der Waals surface area contributed by atoms with E-state index in [1.807, 2.05) is 6.07 Å². The first-order chi connectivity index (χ1) is 22.9. The Balaban J connectivity index is 1.32. The molecule has 0 radical (unpaired) electrons. The number of hydrogen-bond acceptors (Lipinski definition) is 9. The van der Waals surface area contributed by atoms with Gasteiger partial charge in [0.05, 0.1) is 41.1 Å². The van der Waals surface area contributed by atoms with Crippen LogP contribution in [0, 0.1) is 11.7 Å². The summed E-state index contributed by atoms with van der Waals surface area (Å²) in [6, 6.07) is 9.40. The number of fused-ring (bicyclic) bond motifs is 1. The number of pyridine rings is 1. The number of nitrogens with zero attached hydrogens (tertiary/aromatic N) is 5. The molecule has 3 heterocycles.